The molecular formula is C19H21FO3. The first-order chi connectivity index (χ1) is 11.1. The topological polar surface area (TPSA) is 46.5 Å². The highest BCUT2D eigenvalue weighted by Crippen LogP contribution is 2.19. The molecule has 23 heavy (non-hydrogen) atoms. The number of hydrogen-bond donors (Lipinski definition) is 1. The number of para-hydroxylation sites is 1. The van der Waals surface area contributed by atoms with Gasteiger partial charge in [-0.3, -0.25) is 4.79 Å². The molecule has 2 aromatic carbocycles. The zero-order chi connectivity index (χ0) is 16.7. The maximum absolute atomic E-state index is 13.1. The first-order valence-electron chi connectivity index (χ1n) is 7.64. The van der Waals surface area contributed by atoms with Gasteiger partial charge >= 0.3 is 0 Å². The van der Waals surface area contributed by atoms with E-state index in [9.17, 15) is 14.3 Å². The first-order valence-corrected chi connectivity index (χ1v) is 7.64. The van der Waals surface area contributed by atoms with Gasteiger partial charge in [0, 0.05) is 18.4 Å². The number of Topliss-reactive ketones (excluding diaryl/α,β-unsaturated/α-hetero) is 1. The van der Waals surface area contributed by atoms with Crippen molar-refractivity contribution in [1.29, 1.82) is 0 Å². The first kappa shape index (κ1) is 17.2. The maximum Gasteiger partial charge on any atom is 0.139 e. The highest BCUT2D eigenvalue weighted by atomic mass is 19.1. The normalized spacial score (nSPS) is 12.0. The molecule has 0 radical (unpaired) electrons. The highest BCUT2D eigenvalue weighted by molar-refractivity contribution is 5.82. The number of aryl methyl sites for hydroxylation is 1. The Labute approximate surface area is 135 Å². The number of methoxy groups -OCH3 is 1. The van der Waals surface area contributed by atoms with E-state index in [0.29, 0.717) is 18.6 Å². The van der Waals surface area contributed by atoms with E-state index in [0.717, 1.165) is 11.1 Å². The summed E-state index contributed by atoms with van der Waals surface area (Å²) in [6, 6.07) is 13.6. The Hall–Kier alpha value is -2.20. The summed E-state index contributed by atoms with van der Waals surface area (Å²) in [5.41, 5.74) is 1.64. The van der Waals surface area contributed by atoms with Crippen LogP contribution in [0.4, 0.5) is 4.39 Å². The monoisotopic (exact) mass is 316 g/mol. The molecule has 2 aromatic rings. The molecule has 0 saturated carbocycles. The van der Waals surface area contributed by atoms with E-state index in [1.54, 1.807) is 13.2 Å². The van der Waals surface area contributed by atoms with Gasteiger partial charge in [-0.05, 0) is 36.6 Å². The van der Waals surface area contributed by atoms with Crippen LogP contribution in [-0.2, 0) is 17.6 Å². The molecule has 1 atom stereocenters. The van der Waals surface area contributed by atoms with Crippen LogP contribution in [0.3, 0.4) is 0 Å². The van der Waals surface area contributed by atoms with Crippen LogP contribution in [0.2, 0.25) is 0 Å². The lowest BCUT2D eigenvalue weighted by atomic mass is 10.00. The lowest BCUT2D eigenvalue weighted by Crippen LogP contribution is -2.16. The van der Waals surface area contributed by atoms with E-state index in [-0.39, 0.29) is 24.4 Å². The van der Waals surface area contributed by atoms with Crippen molar-refractivity contribution in [1.82, 2.24) is 0 Å². The maximum atomic E-state index is 13.1. The molecular weight excluding hydrogens is 295 g/mol. The number of hydrogen-bond acceptors (Lipinski definition) is 3. The largest absolute Gasteiger partial charge is 0.496 e. The van der Waals surface area contributed by atoms with Crippen LogP contribution in [0.5, 0.6) is 5.75 Å². The second-order valence-corrected chi connectivity index (χ2v) is 5.55. The lowest BCUT2D eigenvalue weighted by molar-refractivity contribution is -0.120. The Balaban J connectivity index is 1.82. The van der Waals surface area contributed by atoms with Gasteiger partial charge in [0.25, 0.3) is 0 Å². The molecule has 122 valence electrons. The molecule has 0 saturated heterocycles. The van der Waals surface area contributed by atoms with Crippen LogP contribution in [0.15, 0.2) is 48.5 Å². The Morgan fingerprint density at radius 2 is 2.00 bits per heavy atom. The second kappa shape index (κ2) is 8.44. The second-order valence-electron chi connectivity index (χ2n) is 5.55. The molecule has 0 fully saturated rings. The third-order valence-corrected chi connectivity index (χ3v) is 3.70. The number of rotatable bonds is 8. The molecule has 0 aliphatic carbocycles. The van der Waals surface area contributed by atoms with Gasteiger partial charge in [-0.25, -0.2) is 4.39 Å². The summed E-state index contributed by atoms with van der Waals surface area (Å²) in [7, 11) is 1.57. The Morgan fingerprint density at radius 1 is 1.22 bits per heavy atom. The van der Waals surface area contributed by atoms with Crippen LogP contribution < -0.4 is 4.74 Å². The molecule has 0 aliphatic rings. The predicted molar refractivity (Wildman–Crippen MR) is 87.0 cm³/mol. The van der Waals surface area contributed by atoms with Crippen molar-refractivity contribution in [3.05, 3.63) is 65.5 Å². The van der Waals surface area contributed by atoms with Crippen molar-refractivity contribution in [2.75, 3.05) is 7.11 Å². The van der Waals surface area contributed by atoms with Crippen LogP contribution in [-0.4, -0.2) is 24.1 Å². The zero-order valence-corrected chi connectivity index (χ0v) is 13.2. The van der Waals surface area contributed by atoms with Gasteiger partial charge in [-0.1, -0.05) is 30.3 Å². The van der Waals surface area contributed by atoms with E-state index in [1.807, 2.05) is 30.3 Å². The minimum Gasteiger partial charge on any atom is -0.496 e. The number of ether oxygens (including phenoxy) is 1. The van der Waals surface area contributed by atoms with E-state index in [4.69, 9.17) is 4.74 Å². The van der Waals surface area contributed by atoms with E-state index < -0.39 is 6.10 Å². The molecule has 0 heterocycles. The summed E-state index contributed by atoms with van der Waals surface area (Å²) >= 11 is 0. The van der Waals surface area contributed by atoms with Gasteiger partial charge < -0.3 is 9.84 Å². The number of benzene rings is 2. The molecule has 0 aliphatic heterocycles. The molecule has 3 nitrogen and oxygen atoms in total. The fraction of sp³-hybridized carbons (Fsp3) is 0.316. The third kappa shape index (κ3) is 5.49. The number of carbonyl (C=O) groups is 1. The van der Waals surface area contributed by atoms with Crippen LogP contribution in [0.25, 0.3) is 0 Å². The standard InChI is InChI=1S/C19H21FO3/c1-23-19-8-3-2-6-15(19)12-18(22)13-17(21)10-9-14-5-4-7-16(20)11-14/h2-8,11,17,21H,9-10,12-13H2,1H3. The van der Waals surface area contributed by atoms with Gasteiger partial charge in [0.2, 0.25) is 0 Å². The van der Waals surface area contributed by atoms with Crippen molar-refractivity contribution >= 4 is 5.78 Å². The number of halogens is 1. The van der Waals surface area contributed by atoms with Crippen molar-refractivity contribution in [2.45, 2.75) is 31.8 Å². The summed E-state index contributed by atoms with van der Waals surface area (Å²) in [5.74, 6) is 0.348. The molecule has 0 bridgehead atoms. The molecule has 1 N–H and O–H groups in total. The van der Waals surface area contributed by atoms with Crippen LogP contribution in [0.1, 0.15) is 24.0 Å². The quantitative estimate of drug-likeness (QED) is 0.812. The average Bonchev–Trinajstić information content (AvgIpc) is 2.53. The Morgan fingerprint density at radius 3 is 2.74 bits per heavy atom. The summed E-state index contributed by atoms with van der Waals surface area (Å²) in [6.07, 6.45) is 0.580. The SMILES string of the molecule is COc1ccccc1CC(=O)CC(O)CCc1cccc(F)c1. The minimum atomic E-state index is -0.722. The fourth-order valence-electron chi connectivity index (χ4n) is 2.52. The Bertz CT molecular complexity index is 655. The number of aliphatic hydroxyl groups excluding tert-OH is 1. The summed E-state index contributed by atoms with van der Waals surface area (Å²) in [6.45, 7) is 0. The summed E-state index contributed by atoms with van der Waals surface area (Å²) in [4.78, 5) is 12.1. The van der Waals surface area contributed by atoms with Gasteiger partial charge in [0.05, 0.1) is 13.2 Å². The fourth-order valence-corrected chi connectivity index (χ4v) is 2.52. The number of aliphatic hydroxyl groups is 1. The van der Waals surface area contributed by atoms with Gasteiger partial charge in [0.15, 0.2) is 0 Å². The molecule has 2 rings (SSSR count). The van der Waals surface area contributed by atoms with Gasteiger partial charge in [-0.2, -0.15) is 0 Å². The summed E-state index contributed by atoms with van der Waals surface area (Å²) < 4.78 is 18.3. The van der Waals surface area contributed by atoms with E-state index in [1.165, 1.54) is 12.1 Å². The van der Waals surface area contributed by atoms with Crippen molar-refractivity contribution in [3.8, 4) is 5.75 Å². The molecule has 1 unspecified atom stereocenters. The lowest BCUT2D eigenvalue weighted by Gasteiger charge is -2.11. The van der Waals surface area contributed by atoms with Crippen molar-refractivity contribution < 1.29 is 19.0 Å². The molecule has 0 amide bonds. The van der Waals surface area contributed by atoms with Crippen molar-refractivity contribution in [3.63, 3.8) is 0 Å². The minimum absolute atomic E-state index is 0.0405. The summed E-state index contributed by atoms with van der Waals surface area (Å²) in [5, 5.41) is 10.0. The number of carbonyl (C=O) groups excluding carboxylic acids is 1. The predicted octanol–water partition coefficient (Wildman–Crippen LogP) is 3.33. The smallest absolute Gasteiger partial charge is 0.139 e. The van der Waals surface area contributed by atoms with E-state index in [2.05, 4.69) is 0 Å². The Kier molecular flexibility index (Phi) is 6.29. The van der Waals surface area contributed by atoms with Gasteiger partial charge in [-0.15, -0.1) is 0 Å². The van der Waals surface area contributed by atoms with Crippen molar-refractivity contribution in [2.24, 2.45) is 0 Å². The zero-order valence-electron chi connectivity index (χ0n) is 13.2. The van der Waals surface area contributed by atoms with Gasteiger partial charge in [0.1, 0.15) is 17.3 Å². The number of ketones is 1. The molecule has 0 aromatic heterocycles. The van der Waals surface area contributed by atoms with E-state index >= 15 is 0 Å². The molecule has 4 heteroatoms. The average molecular weight is 316 g/mol. The highest BCUT2D eigenvalue weighted by Gasteiger charge is 2.13. The molecule has 0 spiro atoms. The third-order valence-electron chi connectivity index (χ3n) is 3.70. The van der Waals surface area contributed by atoms with Crippen LogP contribution >= 0.6 is 0 Å². The van der Waals surface area contributed by atoms with Crippen LogP contribution in [0, 0.1) is 5.82 Å².